The summed E-state index contributed by atoms with van der Waals surface area (Å²) in [5, 5.41) is 5.36. The van der Waals surface area contributed by atoms with Crippen LogP contribution in [0.1, 0.15) is 6.42 Å². The van der Waals surface area contributed by atoms with E-state index in [2.05, 4.69) is 10.6 Å². The Labute approximate surface area is 116 Å². The van der Waals surface area contributed by atoms with Crippen LogP contribution in [-0.4, -0.2) is 44.3 Å². The number of benzene rings is 1. The van der Waals surface area contributed by atoms with E-state index in [1.54, 1.807) is 32.3 Å². The van der Waals surface area contributed by atoms with Gasteiger partial charge in [-0.2, -0.15) is 0 Å². The number of hydrogen-bond acceptors (Lipinski definition) is 4. The first kappa shape index (κ1) is 14.0. The Morgan fingerprint density at radius 1 is 1.25 bits per heavy atom. The number of hydrogen-bond donors (Lipinski definition) is 2. The molecule has 1 aliphatic heterocycles. The fourth-order valence-corrected chi connectivity index (χ4v) is 1.64. The fourth-order valence-electron chi connectivity index (χ4n) is 1.64. The Balaban J connectivity index is 1.78. The second-order valence-corrected chi connectivity index (χ2v) is 4.49. The molecule has 7 nitrogen and oxygen atoms in total. The van der Waals surface area contributed by atoms with Gasteiger partial charge in [-0.1, -0.05) is 0 Å². The minimum Gasteiger partial charge on any atom is -0.454 e. The van der Waals surface area contributed by atoms with Gasteiger partial charge in [0.2, 0.25) is 12.7 Å². The molecule has 0 atom stereocenters. The predicted octanol–water partition coefficient (Wildman–Crippen LogP) is 1.02. The van der Waals surface area contributed by atoms with E-state index in [0.29, 0.717) is 17.2 Å². The molecule has 0 saturated carbocycles. The molecule has 3 amide bonds. The predicted molar refractivity (Wildman–Crippen MR) is 72.9 cm³/mol. The van der Waals surface area contributed by atoms with Crippen molar-refractivity contribution in [1.29, 1.82) is 0 Å². The van der Waals surface area contributed by atoms with E-state index in [0.717, 1.165) is 0 Å². The van der Waals surface area contributed by atoms with E-state index in [4.69, 9.17) is 9.47 Å². The summed E-state index contributed by atoms with van der Waals surface area (Å²) in [6, 6.07) is 4.97. The third-order valence-corrected chi connectivity index (χ3v) is 2.69. The van der Waals surface area contributed by atoms with E-state index < -0.39 is 0 Å². The van der Waals surface area contributed by atoms with Crippen molar-refractivity contribution in [1.82, 2.24) is 10.2 Å². The Morgan fingerprint density at radius 3 is 2.75 bits per heavy atom. The molecule has 0 bridgehead atoms. The fraction of sp³-hybridized carbons (Fsp3) is 0.385. The van der Waals surface area contributed by atoms with Crippen molar-refractivity contribution in [2.75, 3.05) is 32.7 Å². The van der Waals surface area contributed by atoms with Gasteiger partial charge in [0.25, 0.3) is 0 Å². The Hall–Kier alpha value is -2.44. The van der Waals surface area contributed by atoms with Crippen molar-refractivity contribution in [3.8, 4) is 11.5 Å². The zero-order chi connectivity index (χ0) is 14.5. The van der Waals surface area contributed by atoms with Crippen LogP contribution in [-0.2, 0) is 4.79 Å². The molecule has 20 heavy (non-hydrogen) atoms. The third-order valence-electron chi connectivity index (χ3n) is 2.69. The number of rotatable bonds is 4. The highest BCUT2D eigenvalue weighted by Gasteiger charge is 2.14. The number of ether oxygens (including phenoxy) is 2. The van der Waals surface area contributed by atoms with Crippen LogP contribution in [0.3, 0.4) is 0 Å². The van der Waals surface area contributed by atoms with Gasteiger partial charge >= 0.3 is 6.03 Å². The van der Waals surface area contributed by atoms with E-state index in [1.807, 2.05) is 0 Å². The highest BCUT2D eigenvalue weighted by Crippen LogP contribution is 2.34. The van der Waals surface area contributed by atoms with Gasteiger partial charge in [-0.3, -0.25) is 4.79 Å². The smallest absolute Gasteiger partial charge is 0.316 e. The van der Waals surface area contributed by atoms with Crippen LogP contribution in [0.25, 0.3) is 0 Å². The SMILES string of the molecule is CN(C)C(=O)NCCC(=O)Nc1ccc2c(c1)OCO2. The van der Waals surface area contributed by atoms with Gasteiger partial charge in [0.15, 0.2) is 11.5 Å². The van der Waals surface area contributed by atoms with Crippen LogP contribution in [0.2, 0.25) is 0 Å². The van der Waals surface area contributed by atoms with Gasteiger partial charge in [0.05, 0.1) is 0 Å². The molecule has 1 aliphatic rings. The first-order valence-electron chi connectivity index (χ1n) is 6.21. The van der Waals surface area contributed by atoms with Gasteiger partial charge in [-0.15, -0.1) is 0 Å². The van der Waals surface area contributed by atoms with Crippen LogP contribution < -0.4 is 20.1 Å². The lowest BCUT2D eigenvalue weighted by Gasteiger charge is -2.11. The first-order valence-corrected chi connectivity index (χ1v) is 6.21. The largest absolute Gasteiger partial charge is 0.454 e. The lowest BCUT2D eigenvalue weighted by atomic mass is 10.2. The maximum Gasteiger partial charge on any atom is 0.316 e. The Morgan fingerprint density at radius 2 is 2.00 bits per heavy atom. The number of amides is 3. The number of fused-ring (bicyclic) bond motifs is 1. The van der Waals surface area contributed by atoms with E-state index >= 15 is 0 Å². The van der Waals surface area contributed by atoms with E-state index in [-0.39, 0.29) is 31.7 Å². The standard InChI is InChI=1S/C13H17N3O4/c1-16(2)13(18)14-6-5-12(17)15-9-3-4-10-11(7-9)20-8-19-10/h3-4,7H,5-6,8H2,1-2H3,(H,14,18)(H,15,17). The molecule has 1 heterocycles. The summed E-state index contributed by atoms with van der Waals surface area (Å²) in [5.74, 6) is 1.10. The molecule has 0 aromatic heterocycles. The molecule has 108 valence electrons. The lowest BCUT2D eigenvalue weighted by molar-refractivity contribution is -0.116. The number of urea groups is 1. The second kappa shape index (κ2) is 6.14. The molecule has 0 saturated heterocycles. The van der Waals surface area contributed by atoms with Crippen molar-refractivity contribution in [3.05, 3.63) is 18.2 Å². The minimum absolute atomic E-state index is 0.178. The van der Waals surface area contributed by atoms with Crippen LogP contribution in [0.15, 0.2) is 18.2 Å². The zero-order valence-corrected chi connectivity index (χ0v) is 11.4. The molecule has 0 spiro atoms. The number of nitrogens with zero attached hydrogens (tertiary/aromatic N) is 1. The van der Waals surface area contributed by atoms with Crippen molar-refractivity contribution in [2.24, 2.45) is 0 Å². The molecule has 0 radical (unpaired) electrons. The van der Waals surface area contributed by atoms with Crippen molar-refractivity contribution in [3.63, 3.8) is 0 Å². The number of carbonyl (C=O) groups excluding carboxylic acids is 2. The number of carbonyl (C=O) groups is 2. The van der Waals surface area contributed by atoms with Crippen LogP contribution >= 0.6 is 0 Å². The van der Waals surface area contributed by atoms with Crippen LogP contribution in [0.5, 0.6) is 11.5 Å². The highest BCUT2D eigenvalue weighted by atomic mass is 16.7. The maximum absolute atomic E-state index is 11.7. The summed E-state index contributed by atoms with van der Waals surface area (Å²) in [4.78, 5) is 24.4. The average Bonchev–Trinajstić information content (AvgIpc) is 2.85. The molecule has 7 heteroatoms. The summed E-state index contributed by atoms with van der Waals surface area (Å²) in [6.07, 6.45) is 0.202. The monoisotopic (exact) mass is 279 g/mol. The second-order valence-electron chi connectivity index (χ2n) is 4.49. The van der Waals surface area contributed by atoms with Gasteiger partial charge in [-0.25, -0.2) is 4.79 Å². The Bertz CT molecular complexity index is 516. The summed E-state index contributed by atoms with van der Waals surface area (Å²) in [6.45, 7) is 0.483. The molecule has 0 fully saturated rings. The molecule has 1 aromatic carbocycles. The van der Waals surface area contributed by atoms with Crippen molar-refractivity contribution < 1.29 is 19.1 Å². The van der Waals surface area contributed by atoms with Gasteiger partial charge in [-0.05, 0) is 12.1 Å². The molecular weight excluding hydrogens is 262 g/mol. The maximum atomic E-state index is 11.7. The normalized spacial score (nSPS) is 11.9. The van der Waals surface area contributed by atoms with E-state index in [9.17, 15) is 9.59 Å². The topological polar surface area (TPSA) is 79.9 Å². The quantitative estimate of drug-likeness (QED) is 0.862. The highest BCUT2D eigenvalue weighted by molar-refractivity contribution is 5.91. The number of anilines is 1. The Kier molecular flexibility index (Phi) is 4.29. The minimum atomic E-state index is -0.221. The van der Waals surface area contributed by atoms with Crippen molar-refractivity contribution >= 4 is 17.6 Å². The third kappa shape index (κ3) is 3.53. The summed E-state index contributed by atoms with van der Waals surface area (Å²) in [7, 11) is 3.28. The van der Waals surface area contributed by atoms with Crippen molar-refractivity contribution in [2.45, 2.75) is 6.42 Å². The molecule has 0 unspecified atom stereocenters. The molecule has 1 aromatic rings. The van der Waals surface area contributed by atoms with Gasteiger partial charge in [0.1, 0.15) is 0 Å². The van der Waals surface area contributed by atoms with Crippen LogP contribution in [0, 0.1) is 0 Å². The summed E-state index contributed by atoms with van der Waals surface area (Å²) < 4.78 is 10.4. The van der Waals surface area contributed by atoms with Gasteiger partial charge in [0, 0.05) is 38.8 Å². The van der Waals surface area contributed by atoms with Crippen LogP contribution in [0.4, 0.5) is 10.5 Å². The molecular formula is C13H17N3O4. The molecule has 0 aliphatic carbocycles. The summed E-state index contributed by atoms with van der Waals surface area (Å²) in [5.41, 5.74) is 0.637. The van der Waals surface area contributed by atoms with Gasteiger partial charge < -0.3 is 25.0 Å². The first-order chi connectivity index (χ1) is 9.56. The van der Waals surface area contributed by atoms with E-state index in [1.165, 1.54) is 4.90 Å². The molecule has 2 rings (SSSR count). The summed E-state index contributed by atoms with van der Waals surface area (Å²) >= 11 is 0. The molecule has 2 N–H and O–H groups in total. The lowest BCUT2D eigenvalue weighted by Crippen LogP contribution is -2.36. The number of nitrogens with one attached hydrogen (secondary N) is 2. The average molecular weight is 279 g/mol. The zero-order valence-electron chi connectivity index (χ0n) is 11.4.